The van der Waals surface area contributed by atoms with Gasteiger partial charge < -0.3 is 5.73 Å². The van der Waals surface area contributed by atoms with Gasteiger partial charge in [0.25, 0.3) is 0 Å². The molecular formula is C17H26N2. The molecule has 1 heterocycles. The standard InChI is InChI=1S/C17H26N2/c18-17(10-2-1-3-11-17)16-8-6-15(7-9-16)14-19-12-4-5-13-19/h6-9H,1-5,10-14,18H2. The molecule has 2 N–H and O–H groups in total. The van der Waals surface area contributed by atoms with Gasteiger partial charge in [-0.1, -0.05) is 43.5 Å². The molecule has 2 nitrogen and oxygen atoms in total. The van der Waals surface area contributed by atoms with E-state index in [1.807, 2.05) is 0 Å². The molecule has 19 heavy (non-hydrogen) atoms. The van der Waals surface area contributed by atoms with Crippen molar-refractivity contribution >= 4 is 0 Å². The van der Waals surface area contributed by atoms with Crippen molar-refractivity contribution < 1.29 is 0 Å². The molecule has 1 aromatic rings. The van der Waals surface area contributed by atoms with Crippen molar-refractivity contribution in [3.05, 3.63) is 35.4 Å². The fourth-order valence-electron chi connectivity index (χ4n) is 3.61. The number of hydrogen-bond donors (Lipinski definition) is 1. The maximum Gasteiger partial charge on any atom is 0.0409 e. The van der Waals surface area contributed by atoms with Crippen molar-refractivity contribution in [2.45, 2.75) is 57.0 Å². The van der Waals surface area contributed by atoms with Crippen molar-refractivity contribution in [3.63, 3.8) is 0 Å². The first-order chi connectivity index (χ1) is 9.26. The third kappa shape index (κ3) is 3.01. The largest absolute Gasteiger partial charge is 0.321 e. The highest BCUT2D eigenvalue weighted by atomic mass is 15.1. The second-order valence-electron chi connectivity index (χ2n) is 6.40. The lowest BCUT2D eigenvalue weighted by Crippen LogP contribution is -2.38. The lowest BCUT2D eigenvalue weighted by molar-refractivity contribution is 0.302. The Bertz CT molecular complexity index is 398. The van der Waals surface area contributed by atoms with Crippen LogP contribution in [0.3, 0.4) is 0 Å². The minimum absolute atomic E-state index is 0.0512. The van der Waals surface area contributed by atoms with Crippen LogP contribution in [0.25, 0.3) is 0 Å². The molecule has 104 valence electrons. The van der Waals surface area contributed by atoms with Crippen molar-refractivity contribution in [1.29, 1.82) is 0 Å². The topological polar surface area (TPSA) is 29.3 Å². The molecule has 0 atom stereocenters. The summed E-state index contributed by atoms with van der Waals surface area (Å²) in [6, 6.07) is 9.13. The Morgan fingerprint density at radius 3 is 2.16 bits per heavy atom. The van der Waals surface area contributed by atoms with Crippen molar-refractivity contribution in [2.75, 3.05) is 13.1 Å². The minimum atomic E-state index is -0.0512. The van der Waals surface area contributed by atoms with Crippen LogP contribution in [0.5, 0.6) is 0 Å². The quantitative estimate of drug-likeness (QED) is 0.900. The van der Waals surface area contributed by atoms with Crippen LogP contribution in [-0.4, -0.2) is 18.0 Å². The van der Waals surface area contributed by atoms with Crippen molar-refractivity contribution in [3.8, 4) is 0 Å². The maximum atomic E-state index is 6.58. The van der Waals surface area contributed by atoms with E-state index >= 15 is 0 Å². The molecule has 2 fully saturated rings. The fourth-order valence-corrected chi connectivity index (χ4v) is 3.61. The number of hydrogen-bond acceptors (Lipinski definition) is 2. The van der Waals surface area contributed by atoms with E-state index in [0.717, 1.165) is 19.4 Å². The Hall–Kier alpha value is -0.860. The number of nitrogens with zero attached hydrogens (tertiary/aromatic N) is 1. The molecule has 0 spiro atoms. The molecule has 0 aromatic heterocycles. The monoisotopic (exact) mass is 258 g/mol. The van der Waals surface area contributed by atoms with Crippen LogP contribution in [0.2, 0.25) is 0 Å². The highest BCUT2D eigenvalue weighted by molar-refractivity contribution is 5.28. The van der Waals surface area contributed by atoms with Gasteiger partial charge in [0.2, 0.25) is 0 Å². The first-order valence-corrected chi connectivity index (χ1v) is 7.87. The maximum absolute atomic E-state index is 6.58. The Morgan fingerprint density at radius 2 is 1.53 bits per heavy atom. The van der Waals surface area contributed by atoms with Gasteiger partial charge in [-0.3, -0.25) is 4.90 Å². The van der Waals surface area contributed by atoms with Gasteiger partial charge in [-0.2, -0.15) is 0 Å². The smallest absolute Gasteiger partial charge is 0.0409 e. The molecule has 1 aliphatic heterocycles. The SMILES string of the molecule is NC1(c2ccc(CN3CCCC3)cc2)CCCCC1. The summed E-state index contributed by atoms with van der Waals surface area (Å²) in [5, 5.41) is 0. The van der Waals surface area contributed by atoms with E-state index in [0.29, 0.717) is 0 Å². The predicted octanol–water partition coefficient (Wildman–Crippen LogP) is 3.40. The van der Waals surface area contributed by atoms with Crippen molar-refractivity contribution in [1.82, 2.24) is 4.90 Å². The van der Waals surface area contributed by atoms with E-state index in [2.05, 4.69) is 29.2 Å². The summed E-state index contributed by atoms with van der Waals surface area (Å²) < 4.78 is 0. The number of likely N-dealkylation sites (tertiary alicyclic amines) is 1. The second kappa shape index (κ2) is 5.64. The molecule has 1 aliphatic carbocycles. The number of rotatable bonds is 3. The summed E-state index contributed by atoms with van der Waals surface area (Å²) in [5.74, 6) is 0. The van der Waals surface area contributed by atoms with Crippen LogP contribution < -0.4 is 5.73 Å². The van der Waals surface area contributed by atoms with Crippen LogP contribution in [-0.2, 0) is 12.1 Å². The van der Waals surface area contributed by atoms with Gasteiger partial charge in [0.15, 0.2) is 0 Å². The van der Waals surface area contributed by atoms with Crippen LogP contribution in [0.15, 0.2) is 24.3 Å². The summed E-state index contributed by atoms with van der Waals surface area (Å²) in [6.45, 7) is 3.64. The zero-order valence-corrected chi connectivity index (χ0v) is 11.9. The molecule has 0 radical (unpaired) electrons. The molecule has 1 aromatic carbocycles. The van der Waals surface area contributed by atoms with Crippen LogP contribution in [0.4, 0.5) is 0 Å². The van der Waals surface area contributed by atoms with E-state index in [4.69, 9.17) is 5.73 Å². The van der Waals surface area contributed by atoms with E-state index in [1.54, 1.807) is 0 Å². The summed E-state index contributed by atoms with van der Waals surface area (Å²) >= 11 is 0. The lowest BCUT2D eigenvalue weighted by Gasteiger charge is -2.34. The van der Waals surface area contributed by atoms with Crippen LogP contribution >= 0.6 is 0 Å². The normalized spacial score (nSPS) is 23.6. The third-order valence-electron chi connectivity index (χ3n) is 4.88. The van der Waals surface area contributed by atoms with Crippen LogP contribution in [0, 0.1) is 0 Å². The van der Waals surface area contributed by atoms with Gasteiger partial charge in [0.1, 0.15) is 0 Å². The van der Waals surface area contributed by atoms with E-state index in [9.17, 15) is 0 Å². The summed E-state index contributed by atoms with van der Waals surface area (Å²) in [7, 11) is 0. The molecule has 0 unspecified atom stereocenters. The van der Waals surface area contributed by atoms with Gasteiger partial charge in [0.05, 0.1) is 0 Å². The van der Waals surface area contributed by atoms with Gasteiger partial charge >= 0.3 is 0 Å². The molecule has 0 amide bonds. The second-order valence-corrected chi connectivity index (χ2v) is 6.40. The van der Waals surface area contributed by atoms with Gasteiger partial charge in [-0.05, 0) is 49.9 Å². The summed E-state index contributed by atoms with van der Waals surface area (Å²) in [4.78, 5) is 2.55. The molecule has 3 rings (SSSR count). The first-order valence-electron chi connectivity index (χ1n) is 7.87. The molecule has 2 aliphatic rings. The van der Waals surface area contributed by atoms with Crippen molar-refractivity contribution in [2.24, 2.45) is 5.73 Å². The third-order valence-corrected chi connectivity index (χ3v) is 4.88. The van der Waals surface area contributed by atoms with E-state index in [1.165, 1.54) is 56.3 Å². The lowest BCUT2D eigenvalue weighted by atomic mass is 9.77. The average molecular weight is 258 g/mol. The molecule has 1 saturated heterocycles. The number of benzene rings is 1. The minimum Gasteiger partial charge on any atom is -0.321 e. The Balaban J connectivity index is 1.67. The number of nitrogens with two attached hydrogens (primary N) is 1. The highest BCUT2D eigenvalue weighted by Crippen LogP contribution is 2.34. The van der Waals surface area contributed by atoms with Gasteiger partial charge in [-0.15, -0.1) is 0 Å². The summed E-state index contributed by atoms with van der Waals surface area (Å²) in [5.41, 5.74) is 9.31. The Labute approximate surface area is 117 Å². The van der Waals surface area contributed by atoms with E-state index in [-0.39, 0.29) is 5.54 Å². The zero-order valence-electron chi connectivity index (χ0n) is 11.9. The predicted molar refractivity (Wildman–Crippen MR) is 79.9 cm³/mol. The fraction of sp³-hybridized carbons (Fsp3) is 0.647. The zero-order chi connectivity index (χ0) is 13.1. The Kier molecular flexibility index (Phi) is 3.90. The highest BCUT2D eigenvalue weighted by Gasteiger charge is 2.29. The van der Waals surface area contributed by atoms with E-state index < -0.39 is 0 Å². The van der Waals surface area contributed by atoms with Crippen LogP contribution in [0.1, 0.15) is 56.1 Å². The Morgan fingerprint density at radius 1 is 0.895 bits per heavy atom. The molecular weight excluding hydrogens is 232 g/mol. The molecule has 0 bridgehead atoms. The summed E-state index contributed by atoms with van der Waals surface area (Å²) in [6.07, 6.45) is 8.95. The molecule has 2 heteroatoms. The first kappa shape index (κ1) is 13.1. The average Bonchev–Trinajstić information content (AvgIpc) is 2.93. The van der Waals surface area contributed by atoms with Gasteiger partial charge in [-0.25, -0.2) is 0 Å². The molecule has 1 saturated carbocycles. The van der Waals surface area contributed by atoms with Gasteiger partial charge in [0, 0.05) is 12.1 Å².